The minimum Gasteiger partial charge on any atom is -0.479 e. The van der Waals surface area contributed by atoms with Gasteiger partial charge in [0.25, 0.3) is 0 Å². The van der Waals surface area contributed by atoms with Crippen LogP contribution in [0.3, 0.4) is 0 Å². The highest BCUT2D eigenvalue weighted by Gasteiger charge is 2.37. The van der Waals surface area contributed by atoms with Crippen LogP contribution in [0.2, 0.25) is 0 Å². The Morgan fingerprint density at radius 3 is 2.62 bits per heavy atom. The van der Waals surface area contributed by atoms with E-state index in [4.69, 9.17) is 19.6 Å². The van der Waals surface area contributed by atoms with Crippen LogP contribution in [0.25, 0.3) is 17.8 Å². The first-order chi connectivity index (χ1) is 18.5. The second-order valence-corrected chi connectivity index (χ2v) is 11.7. The maximum absolute atomic E-state index is 12.6. The molecule has 5 heterocycles. The molecular weight excluding hydrogens is 492 g/mol. The Balaban J connectivity index is 1.66. The predicted molar refractivity (Wildman–Crippen MR) is 153 cm³/mol. The molecule has 1 aromatic carbocycles. The molecule has 0 aliphatic carbocycles. The van der Waals surface area contributed by atoms with Crippen LogP contribution < -0.4 is 4.90 Å². The Morgan fingerprint density at radius 1 is 1.15 bits per heavy atom. The van der Waals surface area contributed by atoms with Crippen molar-refractivity contribution in [2.24, 2.45) is 0 Å². The number of carbonyl (C=O) groups is 1. The standard InChI is InChI=1S/C31H38N4O4/c1-21-26(27(29(36)37)39-30(2,3)4)28-34-17-15-31(5,16-18-34)38-19-9-13-23-11-7-6-10-22(23)12-8-14-24-20-25(32-21)35(28)33-24/h6-11,13-14,20,27H,12,15-19H2,1-5H3,(H,36,37)/b13-9+,14-8+/t27-/m0/s1. The number of hydrogen-bond acceptors (Lipinski definition) is 6. The lowest BCUT2D eigenvalue weighted by Gasteiger charge is -2.41. The van der Waals surface area contributed by atoms with Crippen molar-refractivity contribution in [3.63, 3.8) is 0 Å². The summed E-state index contributed by atoms with van der Waals surface area (Å²) in [6.45, 7) is 11.5. The van der Waals surface area contributed by atoms with Crippen molar-refractivity contribution < 1.29 is 19.4 Å². The van der Waals surface area contributed by atoms with Gasteiger partial charge in [-0.25, -0.2) is 9.78 Å². The molecule has 1 fully saturated rings. The Morgan fingerprint density at radius 2 is 1.90 bits per heavy atom. The van der Waals surface area contributed by atoms with Gasteiger partial charge in [-0.05, 0) is 71.1 Å². The normalized spacial score (nSPS) is 20.0. The quantitative estimate of drug-likeness (QED) is 0.469. The van der Waals surface area contributed by atoms with E-state index < -0.39 is 17.7 Å². The van der Waals surface area contributed by atoms with Gasteiger partial charge in [0.2, 0.25) is 0 Å². The van der Waals surface area contributed by atoms with Gasteiger partial charge in [-0.3, -0.25) is 0 Å². The Bertz CT molecular complexity index is 1420. The number of anilines is 1. The van der Waals surface area contributed by atoms with Gasteiger partial charge >= 0.3 is 5.97 Å². The van der Waals surface area contributed by atoms with Gasteiger partial charge in [-0.15, -0.1) is 0 Å². The molecule has 0 saturated carbocycles. The first-order valence-corrected chi connectivity index (χ1v) is 13.6. The van der Waals surface area contributed by atoms with Crippen LogP contribution in [0, 0.1) is 6.92 Å². The second-order valence-electron chi connectivity index (χ2n) is 11.7. The molecule has 3 aliphatic rings. The van der Waals surface area contributed by atoms with E-state index in [1.165, 1.54) is 11.1 Å². The van der Waals surface area contributed by atoms with Crippen molar-refractivity contribution in [1.29, 1.82) is 0 Å². The van der Waals surface area contributed by atoms with Crippen LogP contribution >= 0.6 is 0 Å². The number of carboxylic acids is 1. The van der Waals surface area contributed by atoms with Gasteiger partial charge in [0.15, 0.2) is 11.8 Å². The zero-order valence-corrected chi connectivity index (χ0v) is 23.5. The Kier molecular flexibility index (Phi) is 7.35. The molecule has 1 saturated heterocycles. The van der Waals surface area contributed by atoms with E-state index in [-0.39, 0.29) is 5.60 Å². The van der Waals surface area contributed by atoms with E-state index in [1.807, 2.05) is 39.8 Å². The van der Waals surface area contributed by atoms with Crippen molar-refractivity contribution in [1.82, 2.24) is 14.6 Å². The van der Waals surface area contributed by atoms with E-state index in [1.54, 1.807) is 4.52 Å². The molecule has 8 nitrogen and oxygen atoms in total. The lowest BCUT2D eigenvalue weighted by molar-refractivity contribution is -0.160. The molecule has 3 aliphatic heterocycles. The molecule has 0 radical (unpaired) electrons. The summed E-state index contributed by atoms with van der Waals surface area (Å²) in [5.74, 6) is -0.317. The maximum Gasteiger partial charge on any atom is 0.337 e. The summed E-state index contributed by atoms with van der Waals surface area (Å²) in [6, 6.07) is 10.3. The van der Waals surface area contributed by atoms with Crippen LogP contribution in [0.15, 0.2) is 42.5 Å². The summed E-state index contributed by atoms with van der Waals surface area (Å²) in [5, 5.41) is 15.2. The lowest BCUT2D eigenvalue weighted by atomic mass is 9.92. The summed E-state index contributed by atoms with van der Waals surface area (Å²) < 4.78 is 14.3. The summed E-state index contributed by atoms with van der Waals surface area (Å²) >= 11 is 0. The third kappa shape index (κ3) is 5.92. The smallest absolute Gasteiger partial charge is 0.337 e. The number of piperidine rings is 1. The largest absolute Gasteiger partial charge is 0.479 e. The summed E-state index contributed by atoms with van der Waals surface area (Å²) in [7, 11) is 0. The Labute approximate surface area is 230 Å². The summed E-state index contributed by atoms with van der Waals surface area (Å²) in [5.41, 5.74) is 4.08. The molecule has 0 spiro atoms. The third-order valence-electron chi connectivity index (χ3n) is 7.41. The Hall–Kier alpha value is -3.49. The number of aryl methyl sites for hydroxylation is 1. The number of aliphatic carboxylic acids is 1. The zero-order chi connectivity index (χ0) is 27.8. The minimum absolute atomic E-state index is 0.277. The minimum atomic E-state index is -1.18. The zero-order valence-electron chi connectivity index (χ0n) is 23.5. The van der Waals surface area contributed by atoms with E-state index in [9.17, 15) is 9.90 Å². The van der Waals surface area contributed by atoms with Gasteiger partial charge in [0, 0.05) is 24.8 Å². The molecule has 2 aromatic heterocycles. The molecule has 3 aromatic rings. The number of fused-ring (bicyclic) bond motifs is 5. The average molecular weight is 531 g/mol. The molecule has 6 rings (SSSR count). The fourth-order valence-corrected chi connectivity index (χ4v) is 5.36. The lowest BCUT2D eigenvalue weighted by Crippen LogP contribution is -2.45. The van der Waals surface area contributed by atoms with Crippen LogP contribution in [0.4, 0.5) is 5.82 Å². The molecule has 4 bridgehead atoms. The number of carboxylic acid groups (broad SMARTS) is 1. The van der Waals surface area contributed by atoms with Crippen molar-refractivity contribution >= 4 is 29.6 Å². The number of ether oxygens (including phenoxy) is 2. The monoisotopic (exact) mass is 530 g/mol. The molecule has 1 atom stereocenters. The highest BCUT2D eigenvalue weighted by atomic mass is 16.5. The first-order valence-electron chi connectivity index (χ1n) is 13.6. The highest BCUT2D eigenvalue weighted by Crippen LogP contribution is 2.37. The molecular formula is C31H38N4O4. The predicted octanol–water partition coefficient (Wildman–Crippen LogP) is 5.64. The average Bonchev–Trinajstić information content (AvgIpc) is 3.27. The van der Waals surface area contributed by atoms with Crippen molar-refractivity contribution in [3.8, 4) is 0 Å². The van der Waals surface area contributed by atoms with E-state index in [0.717, 1.165) is 30.8 Å². The molecule has 206 valence electrons. The topological polar surface area (TPSA) is 89.2 Å². The number of aromatic nitrogens is 3. The molecule has 1 N–H and O–H groups in total. The number of nitrogens with zero attached hydrogens (tertiary/aromatic N) is 4. The number of allylic oxidation sites excluding steroid dienone is 1. The number of rotatable bonds is 3. The highest BCUT2D eigenvalue weighted by molar-refractivity contribution is 5.78. The summed E-state index contributed by atoms with van der Waals surface area (Å²) in [6.07, 6.45) is 9.50. The van der Waals surface area contributed by atoms with Gasteiger partial charge in [0.1, 0.15) is 5.82 Å². The van der Waals surface area contributed by atoms with Gasteiger partial charge in [0.05, 0.1) is 29.1 Å². The summed E-state index contributed by atoms with van der Waals surface area (Å²) in [4.78, 5) is 19.6. The number of benzene rings is 1. The SMILES string of the molecule is Cc1nc2cc3nn2c(c1[C@H](OC(C)(C)C)C(=O)O)N1CCC(C)(CC1)OC/C=C/c1ccccc1C/C=C/3. The fourth-order valence-electron chi connectivity index (χ4n) is 5.36. The van der Waals surface area contributed by atoms with Crippen LogP contribution in [-0.2, 0) is 20.7 Å². The van der Waals surface area contributed by atoms with E-state index >= 15 is 0 Å². The van der Waals surface area contributed by atoms with Crippen LogP contribution in [0.1, 0.15) is 74.7 Å². The fraction of sp³-hybridized carbons (Fsp3) is 0.452. The van der Waals surface area contributed by atoms with Gasteiger partial charge in [-0.1, -0.05) is 42.5 Å². The van der Waals surface area contributed by atoms with Gasteiger partial charge < -0.3 is 19.5 Å². The van der Waals surface area contributed by atoms with Crippen molar-refractivity contribution in [3.05, 3.63) is 70.6 Å². The third-order valence-corrected chi connectivity index (χ3v) is 7.41. The molecule has 0 unspecified atom stereocenters. The maximum atomic E-state index is 12.6. The van der Waals surface area contributed by atoms with Crippen LogP contribution in [0.5, 0.6) is 0 Å². The first kappa shape index (κ1) is 27.1. The van der Waals surface area contributed by atoms with Crippen molar-refractivity contribution in [2.45, 2.75) is 71.2 Å². The molecule has 8 heteroatoms. The molecule has 0 amide bonds. The van der Waals surface area contributed by atoms with E-state index in [0.29, 0.717) is 36.6 Å². The molecule has 39 heavy (non-hydrogen) atoms. The second kappa shape index (κ2) is 10.6. The van der Waals surface area contributed by atoms with Gasteiger partial charge in [-0.2, -0.15) is 9.61 Å². The van der Waals surface area contributed by atoms with Crippen molar-refractivity contribution in [2.75, 3.05) is 24.6 Å². The number of hydrogen-bond donors (Lipinski definition) is 1. The van der Waals surface area contributed by atoms with E-state index in [2.05, 4.69) is 54.3 Å². The van der Waals surface area contributed by atoms with Crippen LogP contribution in [-0.4, -0.2) is 56.6 Å².